The minimum atomic E-state index is -0.108. The van der Waals surface area contributed by atoms with Crippen molar-refractivity contribution >= 4 is 17.5 Å². The van der Waals surface area contributed by atoms with Gasteiger partial charge in [-0.25, -0.2) is 4.98 Å². The van der Waals surface area contributed by atoms with Gasteiger partial charge >= 0.3 is 0 Å². The largest absolute Gasteiger partial charge is 0.493 e. The van der Waals surface area contributed by atoms with Crippen LogP contribution in [0.15, 0.2) is 24.5 Å². The van der Waals surface area contributed by atoms with Gasteiger partial charge in [0, 0.05) is 27.6 Å². The summed E-state index contributed by atoms with van der Waals surface area (Å²) in [6, 6.07) is 5.68. The molecule has 1 aromatic heterocycles. The summed E-state index contributed by atoms with van der Waals surface area (Å²) >= 11 is 6.14. The fourth-order valence-electron chi connectivity index (χ4n) is 3.58. The number of fused-ring (bicyclic) bond motifs is 2. The molecule has 2 heterocycles. The smallest absolute Gasteiger partial charge is 0.224 e. The number of hydrogen-bond acceptors (Lipinski definition) is 3. The molecule has 1 spiro atoms. The van der Waals surface area contributed by atoms with Crippen molar-refractivity contribution in [2.45, 2.75) is 31.7 Å². The number of benzene rings is 1. The molecule has 0 bridgehead atoms. The number of carbonyl (C=O) groups is 1. The van der Waals surface area contributed by atoms with Gasteiger partial charge in [-0.2, -0.15) is 0 Å². The Morgan fingerprint density at radius 3 is 3.22 bits per heavy atom. The maximum absolute atomic E-state index is 12.6. The van der Waals surface area contributed by atoms with E-state index in [1.807, 2.05) is 25.1 Å². The van der Waals surface area contributed by atoms with Crippen molar-refractivity contribution in [3.8, 4) is 5.75 Å². The number of nitrogens with zero attached hydrogens (tertiary/aromatic N) is 1. The summed E-state index contributed by atoms with van der Waals surface area (Å²) in [7, 11) is 0. The highest BCUT2D eigenvalue weighted by Gasteiger charge is 2.61. The Hall–Kier alpha value is -2.01. The van der Waals surface area contributed by atoms with Crippen LogP contribution < -0.4 is 10.1 Å². The number of carbonyl (C=O) groups excluding carboxylic acids is 1. The maximum Gasteiger partial charge on any atom is 0.224 e. The molecule has 6 heteroatoms. The summed E-state index contributed by atoms with van der Waals surface area (Å²) in [5.74, 6) is 0.933. The minimum Gasteiger partial charge on any atom is -0.493 e. The Labute approximate surface area is 139 Å². The number of nitrogens with one attached hydrogen (secondary N) is 2. The molecule has 2 N–H and O–H groups in total. The SMILES string of the molecule is Cc1[nH]cnc1CNC(=O)[C@@H]1C[C@]12CCOc1ccc(Cl)cc12. The van der Waals surface area contributed by atoms with Crippen LogP contribution in [0.25, 0.3) is 0 Å². The van der Waals surface area contributed by atoms with Crippen LogP contribution >= 0.6 is 11.6 Å². The highest BCUT2D eigenvalue weighted by atomic mass is 35.5. The Morgan fingerprint density at radius 2 is 2.43 bits per heavy atom. The first-order valence-corrected chi connectivity index (χ1v) is 8.17. The highest BCUT2D eigenvalue weighted by Crippen LogP contribution is 2.61. The lowest BCUT2D eigenvalue weighted by atomic mass is 9.87. The quantitative estimate of drug-likeness (QED) is 0.908. The number of amides is 1. The Balaban J connectivity index is 1.50. The van der Waals surface area contributed by atoms with Gasteiger partial charge in [0.25, 0.3) is 0 Å². The molecule has 1 saturated carbocycles. The van der Waals surface area contributed by atoms with E-state index >= 15 is 0 Å². The molecule has 1 fully saturated rings. The average Bonchev–Trinajstić information content (AvgIpc) is 3.11. The van der Waals surface area contributed by atoms with Gasteiger partial charge in [-0.15, -0.1) is 0 Å². The zero-order valence-electron chi connectivity index (χ0n) is 12.9. The van der Waals surface area contributed by atoms with E-state index in [9.17, 15) is 4.79 Å². The summed E-state index contributed by atoms with van der Waals surface area (Å²) in [5, 5.41) is 3.70. The predicted molar refractivity (Wildman–Crippen MR) is 86.5 cm³/mol. The van der Waals surface area contributed by atoms with Gasteiger partial charge < -0.3 is 15.0 Å². The summed E-state index contributed by atoms with van der Waals surface area (Å²) in [6.45, 7) is 3.06. The molecule has 2 atom stereocenters. The number of halogens is 1. The number of H-pyrrole nitrogens is 1. The monoisotopic (exact) mass is 331 g/mol. The van der Waals surface area contributed by atoms with E-state index in [1.165, 1.54) is 0 Å². The van der Waals surface area contributed by atoms with E-state index in [0.29, 0.717) is 18.2 Å². The first-order valence-electron chi connectivity index (χ1n) is 7.79. The predicted octanol–water partition coefficient (Wildman–Crippen LogP) is 2.73. The van der Waals surface area contributed by atoms with Crippen molar-refractivity contribution in [3.05, 3.63) is 46.5 Å². The number of imidazole rings is 1. The molecule has 0 saturated heterocycles. The van der Waals surface area contributed by atoms with Gasteiger partial charge in [-0.05, 0) is 38.0 Å². The van der Waals surface area contributed by atoms with Crippen molar-refractivity contribution in [2.24, 2.45) is 5.92 Å². The summed E-state index contributed by atoms with van der Waals surface area (Å²) < 4.78 is 5.71. The standard InChI is InChI=1S/C17H18ClN3O2/c1-10-14(21-9-20-10)8-19-16(22)13-7-17(13)4-5-23-15-3-2-11(18)6-12(15)17/h2-3,6,9,13H,4-5,7-8H2,1H3,(H,19,22)(H,20,21)/t13-,17-/m0/s1. The molecule has 2 aromatic rings. The third kappa shape index (κ3) is 2.39. The first-order chi connectivity index (χ1) is 11.1. The number of hydrogen-bond donors (Lipinski definition) is 2. The molecule has 0 unspecified atom stereocenters. The summed E-state index contributed by atoms with van der Waals surface area (Å²) in [5.41, 5.74) is 2.83. The third-order valence-corrected chi connectivity index (χ3v) is 5.27. The third-order valence-electron chi connectivity index (χ3n) is 5.04. The second kappa shape index (κ2) is 5.27. The summed E-state index contributed by atoms with van der Waals surface area (Å²) in [6.07, 6.45) is 3.36. The van der Waals surface area contributed by atoms with Crippen molar-refractivity contribution in [1.82, 2.24) is 15.3 Å². The van der Waals surface area contributed by atoms with Crippen molar-refractivity contribution in [3.63, 3.8) is 0 Å². The first kappa shape index (κ1) is 14.6. The number of aryl methyl sites for hydroxylation is 1. The molecule has 120 valence electrons. The van der Waals surface area contributed by atoms with Crippen LogP contribution in [0.5, 0.6) is 5.75 Å². The van der Waals surface area contributed by atoms with E-state index in [-0.39, 0.29) is 17.2 Å². The van der Waals surface area contributed by atoms with Gasteiger partial charge in [-0.1, -0.05) is 11.6 Å². The Kier molecular flexibility index (Phi) is 3.34. The fourth-order valence-corrected chi connectivity index (χ4v) is 3.75. The highest BCUT2D eigenvalue weighted by molar-refractivity contribution is 6.30. The summed E-state index contributed by atoms with van der Waals surface area (Å²) in [4.78, 5) is 19.8. The molecule has 0 radical (unpaired) electrons. The molecular weight excluding hydrogens is 314 g/mol. The van der Waals surface area contributed by atoms with Crippen molar-refractivity contribution < 1.29 is 9.53 Å². The van der Waals surface area contributed by atoms with Gasteiger partial charge in [0.15, 0.2) is 0 Å². The number of ether oxygens (including phenoxy) is 1. The molecule has 1 amide bonds. The van der Waals surface area contributed by atoms with E-state index < -0.39 is 0 Å². The van der Waals surface area contributed by atoms with Crippen LogP contribution in [0.2, 0.25) is 5.02 Å². The Bertz CT molecular complexity index is 773. The number of aromatic nitrogens is 2. The normalized spacial score (nSPS) is 24.9. The molecule has 23 heavy (non-hydrogen) atoms. The lowest BCUT2D eigenvalue weighted by Crippen LogP contribution is -2.31. The topological polar surface area (TPSA) is 67.0 Å². The Morgan fingerprint density at radius 1 is 1.57 bits per heavy atom. The van der Waals surface area contributed by atoms with Crippen molar-refractivity contribution in [1.29, 1.82) is 0 Å². The maximum atomic E-state index is 12.6. The molecule has 4 rings (SSSR count). The van der Waals surface area contributed by atoms with Crippen LogP contribution in [0.1, 0.15) is 29.8 Å². The zero-order chi connectivity index (χ0) is 16.0. The van der Waals surface area contributed by atoms with Gasteiger partial charge in [0.1, 0.15) is 5.75 Å². The van der Waals surface area contributed by atoms with E-state index in [4.69, 9.17) is 16.3 Å². The van der Waals surface area contributed by atoms with Gasteiger partial charge in [-0.3, -0.25) is 4.79 Å². The van der Waals surface area contributed by atoms with E-state index in [1.54, 1.807) is 6.33 Å². The number of aromatic amines is 1. The van der Waals surface area contributed by atoms with Crippen LogP contribution in [-0.4, -0.2) is 22.5 Å². The van der Waals surface area contributed by atoms with Crippen LogP contribution in [0.3, 0.4) is 0 Å². The van der Waals surface area contributed by atoms with Crippen molar-refractivity contribution in [2.75, 3.05) is 6.61 Å². The van der Waals surface area contributed by atoms with E-state index in [2.05, 4.69) is 15.3 Å². The lowest BCUT2D eigenvalue weighted by molar-refractivity contribution is -0.123. The second-order valence-electron chi connectivity index (χ2n) is 6.34. The van der Waals surface area contributed by atoms with Crippen LogP contribution in [-0.2, 0) is 16.8 Å². The van der Waals surface area contributed by atoms with Crippen LogP contribution in [0, 0.1) is 12.8 Å². The molecule has 1 aliphatic heterocycles. The van der Waals surface area contributed by atoms with E-state index in [0.717, 1.165) is 35.5 Å². The molecule has 1 aromatic carbocycles. The van der Waals surface area contributed by atoms with Crippen LogP contribution in [0.4, 0.5) is 0 Å². The molecular formula is C17H18ClN3O2. The van der Waals surface area contributed by atoms with Gasteiger partial charge in [0.05, 0.1) is 25.2 Å². The molecule has 1 aliphatic carbocycles. The number of rotatable bonds is 3. The average molecular weight is 332 g/mol. The molecule has 2 aliphatic rings. The van der Waals surface area contributed by atoms with Gasteiger partial charge in [0.2, 0.25) is 5.91 Å². The fraction of sp³-hybridized carbons (Fsp3) is 0.412. The minimum absolute atomic E-state index is 0.0112. The second-order valence-corrected chi connectivity index (χ2v) is 6.78. The zero-order valence-corrected chi connectivity index (χ0v) is 13.6. The lowest BCUT2D eigenvalue weighted by Gasteiger charge is -2.27. The molecule has 5 nitrogen and oxygen atoms in total.